The van der Waals surface area contributed by atoms with Crippen molar-refractivity contribution in [1.29, 1.82) is 0 Å². The number of hydrogen-bond acceptors (Lipinski definition) is 6. The topological polar surface area (TPSA) is 115 Å². The highest BCUT2D eigenvalue weighted by Gasteiger charge is 2.19. The molecule has 1 rings (SSSR count). The van der Waals surface area contributed by atoms with E-state index in [4.69, 9.17) is 4.55 Å². The Hall–Kier alpha value is -1.64. The third-order valence-corrected chi connectivity index (χ3v) is 3.54. The molecule has 20 heavy (non-hydrogen) atoms. The Balaban J connectivity index is 2.94. The van der Waals surface area contributed by atoms with Crippen LogP contribution in [0, 0.1) is 0 Å². The number of aldehydes is 1. The molecule has 0 aliphatic rings. The molecule has 0 aliphatic carbocycles. The van der Waals surface area contributed by atoms with Gasteiger partial charge in [0, 0.05) is 13.1 Å². The minimum Gasteiger partial charge on any atom is -0.505 e. The average molecular weight is 303 g/mol. The van der Waals surface area contributed by atoms with Crippen LogP contribution in [0.4, 0.5) is 5.69 Å². The number of aliphatic hydroxyl groups is 1. The van der Waals surface area contributed by atoms with Gasteiger partial charge in [-0.1, -0.05) is 6.07 Å². The first kappa shape index (κ1) is 16.4. The number of carbonyl (C=O) groups excluding carboxylic acids is 1. The maximum Gasteiger partial charge on any atom is 0.267 e. The summed E-state index contributed by atoms with van der Waals surface area (Å²) < 4.78 is 30.1. The zero-order chi connectivity index (χ0) is 15.3. The quantitative estimate of drug-likeness (QED) is 0.489. The molecule has 0 spiro atoms. The number of para-hydroxylation sites is 1. The number of aliphatic hydroxyl groups excluding tert-OH is 1. The first-order chi connectivity index (χ1) is 9.28. The standard InChI is InChI=1S/C12H17NO6S/c1-2-13(6-10(15)8-20(17,18)19)11-5-3-4-9(7-14)12(11)16/h3-5,7,10,15-16H,2,6,8H2,1H3,(H,17,18,19). The lowest BCUT2D eigenvalue weighted by atomic mass is 10.1. The summed E-state index contributed by atoms with van der Waals surface area (Å²) in [4.78, 5) is 12.3. The zero-order valence-corrected chi connectivity index (χ0v) is 11.7. The summed E-state index contributed by atoms with van der Waals surface area (Å²) in [5.74, 6) is -1.03. The smallest absolute Gasteiger partial charge is 0.267 e. The third kappa shape index (κ3) is 4.48. The van der Waals surface area contributed by atoms with E-state index in [-0.39, 0.29) is 17.9 Å². The Morgan fingerprint density at radius 3 is 2.55 bits per heavy atom. The molecule has 8 heteroatoms. The van der Waals surface area contributed by atoms with Gasteiger partial charge in [-0.3, -0.25) is 9.35 Å². The van der Waals surface area contributed by atoms with Gasteiger partial charge < -0.3 is 15.1 Å². The second-order valence-electron chi connectivity index (χ2n) is 4.27. The van der Waals surface area contributed by atoms with Crippen LogP contribution in [-0.4, -0.2) is 54.4 Å². The normalized spacial score (nSPS) is 12.9. The second-order valence-corrected chi connectivity index (χ2v) is 5.77. The number of aromatic hydroxyl groups is 1. The minimum absolute atomic E-state index is 0.102. The lowest BCUT2D eigenvalue weighted by Gasteiger charge is -2.26. The van der Waals surface area contributed by atoms with Gasteiger partial charge in [0.15, 0.2) is 6.29 Å². The van der Waals surface area contributed by atoms with Gasteiger partial charge in [-0.05, 0) is 19.1 Å². The first-order valence-corrected chi connectivity index (χ1v) is 7.54. The van der Waals surface area contributed by atoms with Crippen LogP contribution in [0.25, 0.3) is 0 Å². The van der Waals surface area contributed by atoms with Gasteiger partial charge in [-0.2, -0.15) is 8.42 Å². The number of benzene rings is 1. The minimum atomic E-state index is -4.28. The van der Waals surface area contributed by atoms with Crippen LogP contribution in [0.15, 0.2) is 18.2 Å². The fourth-order valence-corrected chi connectivity index (χ4v) is 2.44. The van der Waals surface area contributed by atoms with Crippen molar-refractivity contribution >= 4 is 22.1 Å². The van der Waals surface area contributed by atoms with Gasteiger partial charge in [0.2, 0.25) is 0 Å². The summed E-state index contributed by atoms with van der Waals surface area (Å²) in [5.41, 5.74) is 0.414. The summed E-state index contributed by atoms with van der Waals surface area (Å²) in [5, 5.41) is 19.5. The van der Waals surface area contributed by atoms with Crippen LogP contribution in [-0.2, 0) is 10.1 Å². The van der Waals surface area contributed by atoms with Crippen LogP contribution >= 0.6 is 0 Å². The molecule has 0 aliphatic heterocycles. The summed E-state index contributed by atoms with van der Waals surface area (Å²) in [6.45, 7) is 2.01. The lowest BCUT2D eigenvalue weighted by Crippen LogP contribution is -2.36. The van der Waals surface area contributed by atoms with E-state index in [1.165, 1.54) is 11.0 Å². The Morgan fingerprint density at radius 2 is 2.05 bits per heavy atom. The third-order valence-electron chi connectivity index (χ3n) is 2.73. The SMILES string of the molecule is CCN(CC(O)CS(=O)(=O)O)c1cccc(C=O)c1O. The molecule has 0 fully saturated rings. The van der Waals surface area contributed by atoms with Crippen LogP contribution < -0.4 is 4.90 Å². The van der Waals surface area contributed by atoms with Crippen molar-refractivity contribution in [2.75, 3.05) is 23.7 Å². The van der Waals surface area contributed by atoms with Crippen molar-refractivity contribution in [1.82, 2.24) is 0 Å². The van der Waals surface area contributed by atoms with Crippen molar-refractivity contribution in [2.24, 2.45) is 0 Å². The highest BCUT2D eigenvalue weighted by molar-refractivity contribution is 7.85. The van der Waals surface area contributed by atoms with E-state index in [1.54, 1.807) is 19.1 Å². The molecule has 1 atom stereocenters. The molecule has 7 nitrogen and oxygen atoms in total. The van der Waals surface area contributed by atoms with E-state index in [0.29, 0.717) is 18.5 Å². The first-order valence-electron chi connectivity index (χ1n) is 5.93. The Kier molecular flexibility index (Phi) is 5.49. The predicted octanol–water partition coefficient (Wildman–Crippen LogP) is 0.280. The van der Waals surface area contributed by atoms with Crippen LogP contribution in [0.3, 0.4) is 0 Å². The van der Waals surface area contributed by atoms with Crippen LogP contribution in [0.5, 0.6) is 5.75 Å². The van der Waals surface area contributed by atoms with Crippen molar-refractivity contribution < 1.29 is 28.0 Å². The molecule has 0 saturated heterocycles. The number of nitrogens with zero attached hydrogens (tertiary/aromatic N) is 1. The van der Waals surface area contributed by atoms with E-state index in [9.17, 15) is 23.4 Å². The molecule has 0 bridgehead atoms. The number of anilines is 1. The van der Waals surface area contributed by atoms with Crippen molar-refractivity contribution in [3.63, 3.8) is 0 Å². The molecule has 1 aromatic rings. The fourth-order valence-electron chi connectivity index (χ4n) is 1.85. The maximum atomic E-state index is 10.8. The van der Waals surface area contributed by atoms with Gasteiger partial charge in [0.25, 0.3) is 10.1 Å². The maximum absolute atomic E-state index is 10.8. The summed E-state index contributed by atoms with van der Waals surface area (Å²) in [7, 11) is -4.28. The van der Waals surface area contributed by atoms with Gasteiger partial charge in [0.05, 0.1) is 17.4 Å². The van der Waals surface area contributed by atoms with Crippen LogP contribution in [0.2, 0.25) is 0 Å². The van der Waals surface area contributed by atoms with Crippen molar-refractivity contribution in [3.05, 3.63) is 23.8 Å². The molecule has 0 aromatic heterocycles. The Bertz CT molecular complexity index is 571. The highest BCUT2D eigenvalue weighted by Crippen LogP contribution is 2.29. The largest absolute Gasteiger partial charge is 0.505 e. The predicted molar refractivity (Wildman–Crippen MR) is 73.8 cm³/mol. The van der Waals surface area contributed by atoms with Crippen molar-refractivity contribution in [3.8, 4) is 5.75 Å². The van der Waals surface area contributed by atoms with Gasteiger partial charge >= 0.3 is 0 Å². The average Bonchev–Trinajstić information content (AvgIpc) is 2.34. The lowest BCUT2D eigenvalue weighted by molar-refractivity contribution is 0.112. The molecule has 1 aromatic carbocycles. The molecule has 0 saturated carbocycles. The van der Waals surface area contributed by atoms with Gasteiger partial charge in [-0.15, -0.1) is 0 Å². The van der Waals surface area contributed by atoms with E-state index < -0.39 is 22.0 Å². The van der Waals surface area contributed by atoms with E-state index in [1.807, 2.05) is 0 Å². The van der Waals surface area contributed by atoms with Crippen molar-refractivity contribution in [2.45, 2.75) is 13.0 Å². The number of phenolic OH excluding ortho intramolecular Hbond substituents is 1. The fraction of sp³-hybridized carbons (Fsp3) is 0.417. The molecule has 0 radical (unpaired) electrons. The van der Waals surface area contributed by atoms with E-state index >= 15 is 0 Å². The molecule has 0 amide bonds. The molecule has 3 N–H and O–H groups in total. The molecular weight excluding hydrogens is 286 g/mol. The molecule has 112 valence electrons. The number of hydrogen-bond donors (Lipinski definition) is 3. The molecule has 0 heterocycles. The number of carbonyl (C=O) groups is 1. The van der Waals surface area contributed by atoms with Gasteiger partial charge in [0.1, 0.15) is 11.5 Å². The molecular formula is C12H17NO6S. The second kappa shape index (κ2) is 6.69. The van der Waals surface area contributed by atoms with Crippen LogP contribution in [0.1, 0.15) is 17.3 Å². The number of phenols is 1. The van der Waals surface area contributed by atoms with Gasteiger partial charge in [-0.25, -0.2) is 0 Å². The monoisotopic (exact) mass is 303 g/mol. The number of likely N-dealkylation sites (N-methyl/N-ethyl adjacent to an activating group) is 1. The Labute approximate surface area is 117 Å². The van der Waals surface area contributed by atoms with E-state index in [2.05, 4.69) is 0 Å². The number of rotatable bonds is 7. The summed E-state index contributed by atoms with van der Waals surface area (Å²) in [6.07, 6.45) is -0.814. The van der Waals surface area contributed by atoms with E-state index in [0.717, 1.165) is 0 Å². The molecule has 1 unspecified atom stereocenters. The highest BCUT2D eigenvalue weighted by atomic mass is 32.2. The summed E-state index contributed by atoms with van der Waals surface area (Å²) in [6, 6.07) is 4.55. The Morgan fingerprint density at radius 1 is 1.40 bits per heavy atom. The zero-order valence-electron chi connectivity index (χ0n) is 10.9. The summed E-state index contributed by atoms with van der Waals surface area (Å²) >= 11 is 0.